The number of amides is 1. The van der Waals surface area contributed by atoms with Gasteiger partial charge in [-0.05, 0) is 68.9 Å². The van der Waals surface area contributed by atoms with Gasteiger partial charge in [0.1, 0.15) is 5.00 Å². The lowest BCUT2D eigenvalue weighted by molar-refractivity contribution is 0.0526. The molecule has 2 aliphatic rings. The van der Waals surface area contributed by atoms with Crippen LogP contribution in [0.3, 0.4) is 0 Å². The number of hydrogen-bond acceptors (Lipinski definition) is 5. The summed E-state index contributed by atoms with van der Waals surface area (Å²) in [4.78, 5) is 28.2. The van der Waals surface area contributed by atoms with Crippen molar-refractivity contribution in [3.63, 3.8) is 0 Å². The average molecular weight is 404 g/mol. The fraction of sp³-hybridized carbons (Fsp3) is 0.524. The van der Waals surface area contributed by atoms with Gasteiger partial charge in [-0.1, -0.05) is 6.92 Å². The molecule has 144 valence electrons. The van der Waals surface area contributed by atoms with Crippen LogP contribution in [0.15, 0.2) is 5.38 Å². The third kappa shape index (κ3) is 3.57. The van der Waals surface area contributed by atoms with Gasteiger partial charge in [0.05, 0.1) is 17.7 Å². The molecule has 4 nitrogen and oxygen atoms in total. The fourth-order valence-electron chi connectivity index (χ4n) is 4.11. The Morgan fingerprint density at radius 1 is 1.19 bits per heavy atom. The van der Waals surface area contributed by atoms with E-state index in [1.807, 2.05) is 12.3 Å². The van der Waals surface area contributed by atoms with Crippen LogP contribution in [0.25, 0.3) is 0 Å². The summed E-state index contributed by atoms with van der Waals surface area (Å²) < 4.78 is 5.29. The number of fused-ring (bicyclic) bond motifs is 2. The van der Waals surface area contributed by atoms with E-state index in [-0.39, 0.29) is 11.9 Å². The Morgan fingerprint density at radius 3 is 2.81 bits per heavy atom. The minimum absolute atomic E-state index is 0.0915. The van der Waals surface area contributed by atoms with Crippen LogP contribution in [-0.2, 0) is 30.4 Å². The lowest BCUT2D eigenvalue weighted by atomic mass is 9.88. The number of aryl methyl sites for hydroxylation is 1. The molecule has 0 aliphatic heterocycles. The van der Waals surface area contributed by atoms with Gasteiger partial charge in [0.25, 0.3) is 5.91 Å². The molecule has 1 atom stereocenters. The number of carbonyl (C=O) groups excluding carboxylic acids is 2. The standard InChI is InChI=1S/C21H25NO3S2/c1-3-25-21(24)18-14-6-4-5-7-16(14)27-20(18)22-19(23)15-11-26-17-10-12(2)8-9-13(15)17/h11-12H,3-10H2,1-2H3,(H,22,23)/t12-/m0/s1. The van der Waals surface area contributed by atoms with Gasteiger partial charge in [-0.3, -0.25) is 4.79 Å². The Hall–Kier alpha value is -1.66. The summed E-state index contributed by atoms with van der Waals surface area (Å²) in [6.07, 6.45) is 7.25. The predicted octanol–water partition coefficient (Wildman–Crippen LogP) is 5.24. The van der Waals surface area contributed by atoms with Gasteiger partial charge in [-0.15, -0.1) is 22.7 Å². The minimum Gasteiger partial charge on any atom is -0.462 e. The van der Waals surface area contributed by atoms with Crippen LogP contribution < -0.4 is 5.32 Å². The first-order valence-electron chi connectivity index (χ1n) is 9.80. The highest BCUT2D eigenvalue weighted by Gasteiger charge is 2.29. The van der Waals surface area contributed by atoms with Gasteiger partial charge in [0.2, 0.25) is 0 Å². The van der Waals surface area contributed by atoms with E-state index >= 15 is 0 Å². The van der Waals surface area contributed by atoms with Crippen molar-refractivity contribution < 1.29 is 14.3 Å². The normalized spacial score (nSPS) is 18.5. The molecule has 27 heavy (non-hydrogen) atoms. The van der Waals surface area contributed by atoms with E-state index < -0.39 is 0 Å². The van der Waals surface area contributed by atoms with Gasteiger partial charge < -0.3 is 10.1 Å². The van der Waals surface area contributed by atoms with Gasteiger partial charge >= 0.3 is 5.97 Å². The number of carbonyl (C=O) groups is 2. The van der Waals surface area contributed by atoms with E-state index in [4.69, 9.17) is 4.74 Å². The second-order valence-corrected chi connectivity index (χ2v) is 9.56. The van der Waals surface area contributed by atoms with E-state index in [0.29, 0.717) is 23.1 Å². The van der Waals surface area contributed by atoms with Gasteiger partial charge in [0.15, 0.2) is 0 Å². The Kier molecular flexibility index (Phi) is 5.37. The van der Waals surface area contributed by atoms with Crippen molar-refractivity contribution in [1.29, 1.82) is 0 Å². The summed E-state index contributed by atoms with van der Waals surface area (Å²) in [5.74, 6) is 0.283. The first-order chi connectivity index (χ1) is 13.1. The molecule has 0 saturated carbocycles. The molecule has 0 spiro atoms. The zero-order valence-electron chi connectivity index (χ0n) is 15.9. The smallest absolute Gasteiger partial charge is 0.341 e. The van der Waals surface area contributed by atoms with Crippen molar-refractivity contribution in [2.45, 2.75) is 58.8 Å². The van der Waals surface area contributed by atoms with Crippen LogP contribution in [0.5, 0.6) is 0 Å². The molecule has 2 aromatic heterocycles. The first kappa shape index (κ1) is 18.7. The number of nitrogens with one attached hydrogen (secondary N) is 1. The molecule has 0 fully saturated rings. The van der Waals surface area contributed by atoms with E-state index in [1.54, 1.807) is 22.7 Å². The summed E-state index contributed by atoms with van der Waals surface area (Å²) >= 11 is 3.24. The van der Waals surface area contributed by atoms with Crippen molar-refractivity contribution >= 4 is 39.6 Å². The average Bonchev–Trinajstić information content (AvgIpc) is 3.22. The summed E-state index contributed by atoms with van der Waals surface area (Å²) in [6.45, 7) is 4.42. The summed E-state index contributed by atoms with van der Waals surface area (Å²) in [6, 6.07) is 0. The third-order valence-corrected chi connectivity index (χ3v) is 7.78. The number of rotatable bonds is 4. The van der Waals surface area contributed by atoms with Gasteiger partial charge in [-0.25, -0.2) is 4.79 Å². The quantitative estimate of drug-likeness (QED) is 0.710. The predicted molar refractivity (Wildman–Crippen MR) is 110 cm³/mol. The Bertz CT molecular complexity index is 880. The summed E-state index contributed by atoms with van der Waals surface area (Å²) in [5, 5.41) is 5.70. The van der Waals surface area contributed by atoms with E-state index in [2.05, 4.69) is 12.2 Å². The second-order valence-electron chi connectivity index (χ2n) is 7.49. The molecule has 1 amide bonds. The molecule has 0 aromatic carbocycles. The molecule has 2 aliphatic carbocycles. The molecule has 0 saturated heterocycles. The Labute approximate surface area is 167 Å². The Balaban J connectivity index is 1.64. The van der Waals surface area contributed by atoms with Gasteiger partial charge in [-0.2, -0.15) is 0 Å². The number of esters is 1. The first-order valence-corrected chi connectivity index (χ1v) is 11.5. The topological polar surface area (TPSA) is 55.4 Å². The van der Waals surface area contributed by atoms with Crippen molar-refractivity contribution in [3.05, 3.63) is 37.4 Å². The fourth-order valence-corrected chi connectivity index (χ4v) is 6.63. The monoisotopic (exact) mass is 403 g/mol. The maximum absolute atomic E-state index is 13.0. The van der Waals surface area contributed by atoms with Crippen LogP contribution >= 0.6 is 22.7 Å². The van der Waals surface area contributed by atoms with Crippen molar-refractivity contribution in [3.8, 4) is 0 Å². The van der Waals surface area contributed by atoms with Crippen LogP contribution in [0, 0.1) is 5.92 Å². The molecule has 0 unspecified atom stereocenters. The summed E-state index contributed by atoms with van der Waals surface area (Å²) in [5.41, 5.74) is 3.65. The SMILES string of the molecule is CCOC(=O)c1c(NC(=O)c2csc3c2CC[C@H](C)C3)sc2c1CCCC2. The lowest BCUT2D eigenvalue weighted by Gasteiger charge is -2.18. The lowest BCUT2D eigenvalue weighted by Crippen LogP contribution is -2.18. The van der Waals surface area contributed by atoms with E-state index in [9.17, 15) is 9.59 Å². The minimum atomic E-state index is -0.312. The zero-order valence-corrected chi connectivity index (χ0v) is 17.5. The van der Waals surface area contributed by atoms with E-state index in [0.717, 1.165) is 56.1 Å². The van der Waals surface area contributed by atoms with Crippen LogP contribution in [0.2, 0.25) is 0 Å². The maximum atomic E-state index is 13.0. The number of hydrogen-bond donors (Lipinski definition) is 1. The highest BCUT2D eigenvalue weighted by molar-refractivity contribution is 7.17. The molecule has 1 N–H and O–H groups in total. The van der Waals surface area contributed by atoms with Crippen molar-refractivity contribution in [1.82, 2.24) is 0 Å². The molecular formula is C21H25NO3S2. The number of thiophene rings is 2. The van der Waals surface area contributed by atoms with Crippen LogP contribution in [0.1, 0.15) is 74.7 Å². The number of ether oxygens (including phenoxy) is 1. The highest BCUT2D eigenvalue weighted by atomic mass is 32.1. The van der Waals surface area contributed by atoms with Crippen LogP contribution in [-0.4, -0.2) is 18.5 Å². The second kappa shape index (κ2) is 7.76. The molecular weight excluding hydrogens is 378 g/mol. The van der Waals surface area contributed by atoms with Crippen LogP contribution in [0.4, 0.5) is 5.00 Å². The van der Waals surface area contributed by atoms with Crippen molar-refractivity contribution in [2.24, 2.45) is 5.92 Å². The number of anilines is 1. The molecule has 6 heteroatoms. The molecule has 4 rings (SSSR count). The third-order valence-electron chi connectivity index (χ3n) is 5.52. The molecule has 2 aromatic rings. The molecule has 2 heterocycles. The molecule has 0 bridgehead atoms. The largest absolute Gasteiger partial charge is 0.462 e. The van der Waals surface area contributed by atoms with Crippen molar-refractivity contribution in [2.75, 3.05) is 11.9 Å². The Morgan fingerprint density at radius 2 is 2.00 bits per heavy atom. The molecule has 0 radical (unpaired) electrons. The zero-order chi connectivity index (χ0) is 19.0. The van der Waals surface area contributed by atoms with E-state index in [1.165, 1.54) is 15.3 Å². The summed E-state index contributed by atoms with van der Waals surface area (Å²) in [7, 11) is 0. The maximum Gasteiger partial charge on any atom is 0.341 e. The highest BCUT2D eigenvalue weighted by Crippen LogP contribution is 2.39. The van der Waals surface area contributed by atoms with Gasteiger partial charge in [0, 0.05) is 15.1 Å².